The first-order valence-corrected chi connectivity index (χ1v) is 12.3. The van der Waals surface area contributed by atoms with Gasteiger partial charge in [-0.25, -0.2) is 8.78 Å². The number of fused-ring (bicyclic) bond motifs is 1. The van der Waals surface area contributed by atoms with Crippen LogP contribution in [0.4, 0.5) is 8.78 Å². The van der Waals surface area contributed by atoms with Crippen molar-refractivity contribution in [3.8, 4) is 23.0 Å². The van der Waals surface area contributed by atoms with E-state index in [1.54, 1.807) is 31.3 Å². The molecule has 0 atom stereocenters. The standard InChI is InChI=1S/C30H22F2N2O.C2H6/c1-3-4-9-23-19(2)7-5-10-24(23)22-15-27(31)26(28(32)16-22)18-34-17-21-11-12-29-20(8-6-13-33-29)14-25(21)30(34)35;1-2/h5-13,15-16H,2,14,17-18H2,1H3;1-2H3/b23-9+;. The van der Waals surface area contributed by atoms with Crippen LogP contribution in [-0.4, -0.2) is 22.3 Å². The van der Waals surface area contributed by atoms with Gasteiger partial charge in [0.15, 0.2) is 0 Å². The van der Waals surface area contributed by atoms with E-state index in [0.29, 0.717) is 29.7 Å². The molecule has 0 saturated heterocycles. The molecule has 0 N–H and O–H groups in total. The molecule has 37 heavy (non-hydrogen) atoms. The van der Waals surface area contributed by atoms with Gasteiger partial charge in [0, 0.05) is 30.3 Å². The van der Waals surface area contributed by atoms with Gasteiger partial charge in [-0.2, -0.15) is 0 Å². The van der Waals surface area contributed by atoms with Crippen LogP contribution in [0.5, 0.6) is 0 Å². The van der Waals surface area contributed by atoms with Crippen LogP contribution in [0.2, 0.25) is 0 Å². The van der Waals surface area contributed by atoms with Crippen LogP contribution in [0.25, 0.3) is 29.9 Å². The maximum absolute atomic E-state index is 15.2. The Kier molecular flexibility index (Phi) is 7.79. The summed E-state index contributed by atoms with van der Waals surface area (Å²) in [5.41, 5.74) is 4.21. The number of rotatable bonds is 3. The summed E-state index contributed by atoms with van der Waals surface area (Å²) < 4.78 is 30.5. The summed E-state index contributed by atoms with van der Waals surface area (Å²) in [5.74, 6) is 4.09. The van der Waals surface area contributed by atoms with Crippen LogP contribution < -0.4 is 10.4 Å². The van der Waals surface area contributed by atoms with E-state index in [4.69, 9.17) is 0 Å². The topological polar surface area (TPSA) is 33.2 Å². The van der Waals surface area contributed by atoms with Gasteiger partial charge in [-0.15, -0.1) is 5.92 Å². The van der Waals surface area contributed by atoms with Crippen LogP contribution in [0.3, 0.4) is 0 Å². The highest BCUT2D eigenvalue weighted by atomic mass is 19.1. The number of amides is 1. The summed E-state index contributed by atoms with van der Waals surface area (Å²) in [4.78, 5) is 19.0. The average molecular weight is 495 g/mol. The van der Waals surface area contributed by atoms with E-state index in [-0.39, 0.29) is 18.0 Å². The number of halogens is 2. The summed E-state index contributed by atoms with van der Waals surface area (Å²) in [5, 5.41) is 1.44. The van der Waals surface area contributed by atoms with Crippen molar-refractivity contribution >= 4 is 24.6 Å². The summed E-state index contributed by atoms with van der Waals surface area (Å²) in [6.07, 6.45) is 7.63. The monoisotopic (exact) mass is 494 g/mol. The lowest BCUT2D eigenvalue weighted by molar-refractivity contribution is -0.126. The molecule has 2 aliphatic rings. The van der Waals surface area contributed by atoms with Gasteiger partial charge in [-0.1, -0.05) is 56.7 Å². The first kappa shape index (κ1) is 25.8. The minimum atomic E-state index is -0.693. The van der Waals surface area contributed by atoms with Crippen molar-refractivity contribution in [1.29, 1.82) is 0 Å². The molecule has 0 radical (unpaired) electrons. The van der Waals surface area contributed by atoms with Gasteiger partial charge >= 0.3 is 0 Å². The van der Waals surface area contributed by atoms with Gasteiger partial charge in [0.25, 0.3) is 5.91 Å². The predicted molar refractivity (Wildman–Crippen MR) is 145 cm³/mol. The Morgan fingerprint density at radius 2 is 1.86 bits per heavy atom. The molecule has 2 heterocycles. The van der Waals surface area contributed by atoms with Crippen molar-refractivity contribution < 1.29 is 13.6 Å². The second-order valence-corrected chi connectivity index (χ2v) is 8.56. The molecule has 2 aromatic carbocycles. The number of carbonyl (C=O) groups is 1. The molecule has 0 fully saturated rings. The molecular formula is C32H28F2N2O. The minimum Gasteiger partial charge on any atom is -0.330 e. The summed E-state index contributed by atoms with van der Waals surface area (Å²) in [7, 11) is 0. The van der Waals surface area contributed by atoms with Crippen molar-refractivity contribution in [2.24, 2.45) is 0 Å². The van der Waals surface area contributed by atoms with Gasteiger partial charge in [-0.3, -0.25) is 9.78 Å². The molecule has 1 aromatic heterocycles. The van der Waals surface area contributed by atoms with E-state index in [1.807, 2.05) is 44.2 Å². The molecule has 0 unspecified atom stereocenters. The molecule has 3 aromatic rings. The van der Waals surface area contributed by atoms with Crippen LogP contribution in [0.15, 0.2) is 65.9 Å². The Bertz CT molecular complexity index is 1580. The fourth-order valence-electron chi connectivity index (χ4n) is 4.57. The molecular weight excluding hydrogens is 466 g/mol. The third kappa shape index (κ3) is 5.15. The lowest BCUT2D eigenvalue weighted by atomic mass is 9.99. The number of carbonyl (C=O) groups excluding carboxylic acids is 1. The molecule has 5 heteroatoms. The number of hydrogen-bond acceptors (Lipinski definition) is 2. The summed E-state index contributed by atoms with van der Waals surface area (Å²) >= 11 is 0. The first-order chi connectivity index (χ1) is 18.0. The van der Waals surface area contributed by atoms with Crippen molar-refractivity contribution in [3.63, 3.8) is 0 Å². The second kappa shape index (κ2) is 11.2. The quantitative estimate of drug-likeness (QED) is 0.471. The van der Waals surface area contributed by atoms with E-state index in [2.05, 4.69) is 23.4 Å². The number of nitrogens with zero attached hydrogens (tertiary/aromatic N) is 2. The third-order valence-corrected chi connectivity index (χ3v) is 6.39. The van der Waals surface area contributed by atoms with Crippen molar-refractivity contribution in [2.45, 2.75) is 33.7 Å². The largest absolute Gasteiger partial charge is 0.330 e. The zero-order valence-corrected chi connectivity index (χ0v) is 21.2. The zero-order chi connectivity index (χ0) is 26.5. The molecule has 5 rings (SSSR count). The van der Waals surface area contributed by atoms with Gasteiger partial charge in [0.05, 0.1) is 12.2 Å². The number of pyridine rings is 1. The molecule has 1 aliphatic heterocycles. The average Bonchev–Trinajstić information content (AvgIpc) is 3.07. The van der Waals surface area contributed by atoms with Crippen molar-refractivity contribution in [3.05, 3.63) is 105 Å². The highest BCUT2D eigenvalue weighted by Crippen LogP contribution is 2.31. The van der Waals surface area contributed by atoms with Gasteiger partial charge in [-0.05, 0) is 70.0 Å². The molecule has 0 saturated carbocycles. The predicted octanol–water partition coefficient (Wildman–Crippen LogP) is 5.18. The molecule has 1 amide bonds. The van der Waals surface area contributed by atoms with E-state index in [9.17, 15) is 4.79 Å². The zero-order valence-electron chi connectivity index (χ0n) is 21.2. The lowest BCUT2D eigenvalue weighted by Crippen LogP contribution is -2.28. The minimum absolute atomic E-state index is 0.129. The molecule has 0 spiro atoms. The summed E-state index contributed by atoms with van der Waals surface area (Å²) in [6.45, 7) is 9.89. The van der Waals surface area contributed by atoms with E-state index in [1.165, 1.54) is 17.0 Å². The SMILES string of the molecule is C=c1cccc(-c2cc(F)c(CN3CC4=C(Cc5cccnc5C=C4)C3=O)c(F)c2)/c1=C/C#CC.CC. The smallest absolute Gasteiger partial charge is 0.251 e. The Balaban J connectivity index is 0.00000156. The fourth-order valence-corrected chi connectivity index (χ4v) is 4.57. The van der Waals surface area contributed by atoms with Gasteiger partial charge < -0.3 is 4.90 Å². The number of aromatic nitrogens is 1. The Labute approximate surface area is 216 Å². The fraction of sp³-hybridized carbons (Fsp3) is 0.188. The van der Waals surface area contributed by atoms with E-state index in [0.717, 1.165) is 27.3 Å². The first-order valence-electron chi connectivity index (χ1n) is 12.3. The molecule has 186 valence electrons. The van der Waals surface area contributed by atoms with Gasteiger partial charge in [0.2, 0.25) is 0 Å². The Morgan fingerprint density at radius 1 is 1.11 bits per heavy atom. The van der Waals surface area contributed by atoms with Crippen molar-refractivity contribution in [1.82, 2.24) is 9.88 Å². The van der Waals surface area contributed by atoms with Crippen molar-refractivity contribution in [2.75, 3.05) is 6.54 Å². The van der Waals surface area contributed by atoms with Crippen LogP contribution >= 0.6 is 0 Å². The van der Waals surface area contributed by atoms with E-state index >= 15 is 8.78 Å². The molecule has 1 aliphatic carbocycles. The Hall–Kier alpha value is -4.30. The maximum Gasteiger partial charge on any atom is 0.251 e. The normalized spacial score (nSPS) is 14.4. The summed E-state index contributed by atoms with van der Waals surface area (Å²) in [6, 6.07) is 11.8. The second-order valence-electron chi connectivity index (χ2n) is 8.56. The number of hydrogen-bond donors (Lipinski definition) is 0. The van der Waals surface area contributed by atoms with Crippen LogP contribution in [-0.2, 0) is 17.8 Å². The highest BCUT2D eigenvalue weighted by Gasteiger charge is 2.32. The van der Waals surface area contributed by atoms with Gasteiger partial charge in [0.1, 0.15) is 11.6 Å². The Morgan fingerprint density at radius 3 is 2.59 bits per heavy atom. The van der Waals surface area contributed by atoms with Crippen LogP contribution in [0, 0.1) is 23.5 Å². The highest BCUT2D eigenvalue weighted by molar-refractivity contribution is 5.99. The maximum atomic E-state index is 15.2. The van der Waals surface area contributed by atoms with E-state index < -0.39 is 11.6 Å². The van der Waals surface area contributed by atoms with Crippen LogP contribution in [0.1, 0.15) is 37.6 Å². The third-order valence-electron chi connectivity index (χ3n) is 6.39. The lowest BCUT2D eigenvalue weighted by Gasteiger charge is -2.19. The molecule has 3 nitrogen and oxygen atoms in total. The number of benzene rings is 2. The molecule has 0 bridgehead atoms.